The summed E-state index contributed by atoms with van der Waals surface area (Å²) in [6, 6.07) is 6.59. The molecule has 0 fully saturated rings. The molecule has 0 saturated heterocycles. The SMILES string of the molecule is C=C(\N=C/C(=C\CC)C(=C/CCC)/C1=C(N)c2cc(C)ccc2C1)C1=C(C)CC=C1. The van der Waals surface area contributed by atoms with Crippen LogP contribution < -0.4 is 5.73 Å². The van der Waals surface area contributed by atoms with E-state index in [2.05, 4.69) is 76.8 Å². The van der Waals surface area contributed by atoms with Gasteiger partial charge in [0.05, 0.1) is 5.70 Å². The maximum absolute atomic E-state index is 6.67. The van der Waals surface area contributed by atoms with E-state index >= 15 is 0 Å². The van der Waals surface area contributed by atoms with E-state index in [4.69, 9.17) is 10.7 Å². The van der Waals surface area contributed by atoms with E-state index in [-0.39, 0.29) is 0 Å². The fraction of sp³-hybridized carbons (Fsp3) is 0.321. The molecule has 2 aliphatic rings. The zero-order valence-electron chi connectivity index (χ0n) is 18.9. The van der Waals surface area contributed by atoms with Gasteiger partial charge < -0.3 is 5.73 Å². The Kier molecular flexibility index (Phi) is 7.10. The summed E-state index contributed by atoms with van der Waals surface area (Å²) >= 11 is 0. The lowest BCUT2D eigenvalue weighted by Crippen LogP contribution is -2.03. The number of allylic oxidation sites excluding steroid dienone is 8. The Bertz CT molecular complexity index is 1020. The van der Waals surface area contributed by atoms with E-state index in [0.717, 1.165) is 54.6 Å². The first-order valence-electron chi connectivity index (χ1n) is 11.0. The molecule has 30 heavy (non-hydrogen) atoms. The van der Waals surface area contributed by atoms with Crippen LogP contribution in [0, 0.1) is 6.92 Å². The monoisotopic (exact) mass is 398 g/mol. The molecule has 2 N–H and O–H groups in total. The predicted molar refractivity (Wildman–Crippen MR) is 131 cm³/mol. The third-order valence-corrected chi connectivity index (χ3v) is 5.78. The number of fused-ring (bicyclic) bond motifs is 1. The molecule has 0 aliphatic heterocycles. The van der Waals surface area contributed by atoms with Gasteiger partial charge in [-0.05, 0) is 67.0 Å². The van der Waals surface area contributed by atoms with Gasteiger partial charge in [0.2, 0.25) is 0 Å². The highest BCUT2D eigenvalue weighted by Crippen LogP contribution is 2.37. The van der Waals surface area contributed by atoms with Crippen LogP contribution in [0.25, 0.3) is 5.70 Å². The number of nitrogens with two attached hydrogens (primary N) is 1. The summed E-state index contributed by atoms with van der Waals surface area (Å²) in [5, 5.41) is 0. The second-order valence-electron chi connectivity index (χ2n) is 8.21. The summed E-state index contributed by atoms with van der Waals surface area (Å²) in [6.45, 7) is 12.8. The van der Waals surface area contributed by atoms with Crippen molar-refractivity contribution in [2.45, 2.75) is 59.8 Å². The third-order valence-electron chi connectivity index (χ3n) is 5.78. The minimum Gasteiger partial charge on any atom is -0.398 e. The summed E-state index contributed by atoms with van der Waals surface area (Å²) in [5.41, 5.74) is 18.2. The van der Waals surface area contributed by atoms with Crippen LogP contribution in [0.2, 0.25) is 0 Å². The van der Waals surface area contributed by atoms with Crippen molar-refractivity contribution in [2.24, 2.45) is 10.7 Å². The molecule has 2 nitrogen and oxygen atoms in total. The van der Waals surface area contributed by atoms with Gasteiger partial charge in [0.25, 0.3) is 0 Å². The Morgan fingerprint density at radius 3 is 2.67 bits per heavy atom. The van der Waals surface area contributed by atoms with Crippen LogP contribution in [-0.4, -0.2) is 6.21 Å². The smallest absolute Gasteiger partial charge is 0.0629 e. The van der Waals surface area contributed by atoms with Crippen LogP contribution in [0.15, 0.2) is 87.6 Å². The summed E-state index contributed by atoms with van der Waals surface area (Å²) in [4.78, 5) is 4.76. The van der Waals surface area contributed by atoms with Crippen molar-refractivity contribution in [3.05, 3.63) is 99.3 Å². The first kappa shape index (κ1) is 21.8. The quantitative estimate of drug-likeness (QED) is 0.366. The molecule has 1 aromatic rings. The highest BCUT2D eigenvalue weighted by atomic mass is 14.7. The lowest BCUT2D eigenvalue weighted by Gasteiger charge is -2.13. The molecule has 1 aromatic carbocycles. The first-order chi connectivity index (χ1) is 14.5. The molecule has 2 heteroatoms. The molecular weight excluding hydrogens is 364 g/mol. The summed E-state index contributed by atoms with van der Waals surface area (Å²) in [5.74, 6) is 0. The van der Waals surface area contributed by atoms with E-state index in [1.54, 1.807) is 0 Å². The van der Waals surface area contributed by atoms with Crippen LogP contribution in [0.5, 0.6) is 0 Å². The van der Waals surface area contributed by atoms with Crippen molar-refractivity contribution in [3.63, 3.8) is 0 Å². The summed E-state index contributed by atoms with van der Waals surface area (Å²) < 4.78 is 0. The minimum atomic E-state index is 0.824. The normalized spacial score (nSPS) is 16.9. The lowest BCUT2D eigenvalue weighted by atomic mass is 9.94. The van der Waals surface area contributed by atoms with Gasteiger partial charge in [-0.25, -0.2) is 0 Å². The van der Waals surface area contributed by atoms with Gasteiger partial charge in [0.1, 0.15) is 0 Å². The first-order valence-corrected chi connectivity index (χ1v) is 11.0. The van der Waals surface area contributed by atoms with Gasteiger partial charge in [-0.15, -0.1) is 0 Å². The highest BCUT2D eigenvalue weighted by Gasteiger charge is 2.23. The molecule has 2 aliphatic carbocycles. The Morgan fingerprint density at radius 2 is 2.00 bits per heavy atom. The van der Waals surface area contributed by atoms with Gasteiger partial charge in [-0.2, -0.15) is 0 Å². The van der Waals surface area contributed by atoms with Crippen molar-refractivity contribution in [2.75, 3.05) is 0 Å². The molecule has 0 bridgehead atoms. The van der Waals surface area contributed by atoms with E-state index in [9.17, 15) is 0 Å². The maximum atomic E-state index is 6.67. The molecule has 0 unspecified atom stereocenters. The predicted octanol–water partition coefficient (Wildman–Crippen LogP) is 7.14. The van der Waals surface area contributed by atoms with E-state index < -0.39 is 0 Å². The average molecular weight is 399 g/mol. The average Bonchev–Trinajstić information content (AvgIpc) is 3.30. The fourth-order valence-corrected chi connectivity index (χ4v) is 4.11. The zero-order valence-corrected chi connectivity index (χ0v) is 18.9. The van der Waals surface area contributed by atoms with E-state index in [0.29, 0.717) is 0 Å². The summed E-state index contributed by atoms with van der Waals surface area (Å²) in [7, 11) is 0. The molecule has 3 rings (SSSR count). The Morgan fingerprint density at radius 1 is 1.20 bits per heavy atom. The van der Waals surface area contributed by atoms with E-state index in [1.165, 1.54) is 33.4 Å². The maximum Gasteiger partial charge on any atom is 0.0629 e. The molecule has 0 saturated carbocycles. The number of unbranched alkanes of at least 4 members (excludes halogenated alkanes) is 1. The number of aliphatic imine (C=N–C) groups is 1. The van der Waals surface area contributed by atoms with Crippen molar-refractivity contribution < 1.29 is 0 Å². The van der Waals surface area contributed by atoms with Crippen LogP contribution in [0.3, 0.4) is 0 Å². The molecule has 0 radical (unpaired) electrons. The van der Waals surface area contributed by atoms with Crippen molar-refractivity contribution >= 4 is 11.9 Å². The largest absolute Gasteiger partial charge is 0.398 e. The van der Waals surface area contributed by atoms with Gasteiger partial charge in [-0.1, -0.05) is 74.4 Å². The lowest BCUT2D eigenvalue weighted by molar-refractivity contribution is 0.950. The van der Waals surface area contributed by atoms with Gasteiger partial charge in [0, 0.05) is 23.9 Å². The number of aryl methyl sites for hydroxylation is 1. The van der Waals surface area contributed by atoms with Crippen molar-refractivity contribution in [1.82, 2.24) is 0 Å². The van der Waals surface area contributed by atoms with Crippen LogP contribution in [-0.2, 0) is 6.42 Å². The second kappa shape index (κ2) is 9.75. The Balaban J connectivity index is 1.98. The summed E-state index contributed by atoms with van der Waals surface area (Å²) in [6.07, 6.45) is 15.8. The van der Waals surface area contributed by atoms with Crippen LogP contribution in [0.1, 0.15) is 63.1 Å². The van der Waals surface area contributed by atoms with Gasteiger partial charge in [-0.3, -0.25) is 4.99 Å². The molecular formula is C28H34N2. The second-order valence-corrected chi connectivity index (χ2v) is 8.21. The highest BCUT2D eigenvalue weighted by molar-refractivity contribution is 5.91. The van der Waals surface area contributed by atoms with Crippen LogP contribution in [0.4, 0.5) is 0 Å². The molecule has 0 atom stereocenters. The molecule has 0 aromatic heterocycles. The fourth-order valence-electron chi connectivity index (χ4n) is 4.11. The van der Waals surface area contributed by atoms with E-state index in [1.807, 2.05) is 6.21 Å². The number of benzene rings is 1. The molecule has 0 spiro atoms. The Labute approximate surface area is 182 Å². The molecule has 0 amide bonds. The Hall–Kier alpha value is -2.87. The number of nitrogens with zero attached hydrogens (tertiary/aromatic N) is 1. The van der Waals surface area contributed by atoms with Gasteiger partial charge in [0.15, 0.2) is 0 Å². The van der Waals surface area contributed by atoms with Gasteiger partial charge >= 0.3 is 0 Å². The third kappa shape index (κ3) is 4.64. The number of hydrogen-bond acceptors (Lipinski definition) is 2. The minimum absolute atomic E-state index is 0.824. The molecule has 156 valence electrons. The zero-order chi connectivity index (χ0) is 21.7. The van der Waals surface area contributed by atoms with Crippen molar-refractivity contribution in [3.8, 4) is 0 Å². The van der Waals surface area contributed by atoms with Crippen LogP contribution >= 0.6 is 0 Å². The molecule has 0 heterocycles. The standard InChI is InChI=1S/C28H34N2/c1-6-8-12-25(27-17-22-15-14-19(3)16-26(22)28(27)29)23(10-7-2)18-30-21(5)24-13-9-11-20(24)4/h9-10,12-16,18H,5-8,11,17,29H2,1-4H3/b23-10+,25-12-,30-18-. The topological polar surface area (TPSA) is 38.4 Å². The van der Waals surface area contributed by atoms with Crippen molar-refractivity contribution in [1.29, 1.82) is 0 Å². The number of rotatable bonds is 8. The number of hydrogen-bond donors (Lipinski definition) is 1.